The van der Waals surface area contributed by atoms with Gasteiger partial charge in [-0.15, -0.1) is 0 Å². The van der Waals surface area contributed by atoms with Crippen molar-refractivity contribution in [2.75, 3.05) is 0 Å². The van der Waals surface area contributed by atoms with Gasteiger partial charge in [-0.2, -0.15) is 5.10 Å². The third-order valence-corrected chi connectivity index (χ3v) is 2.95. The molecule has 0 aliphatic carbocycles. The number of hydrogen-bond acceptors (Lipinski definition) is 3. The summed E-state index contributed by atoms with van der Waals surface area (Å²) in [4.78, 5) is 0. The summed E-state index contributed by atoms with van der Waals surface area (Å²) in [6.07, 6.45) is 0. The van der Waals surface area contributed by atoms with Crippen LogP contribution in [0.2, 0.25) is 0 Å². The minimum atomic E-state index is 0.217. The topological polar surface area (TPSA) is 58.3 Å². The second kappa shape index (κ2) is 8.08. The van der Waals surface area contributed by atoms with Crippen molar-refractivity contribution in [3.05, 3.63) is 48.2 Å². The Bertz CT molecular complexity index is 716. The predicted molar refractivity (Wildman–Crippen MR) is 91.8 cm³/mol. The summed E-state index contributed by atoms with van der Waals surface area (Å²) in [6, 6.07) is 12.1. The smallest absolute Gasteiger partial charge is 0.126 e. The fraction of sp³-hybridized carbons (Fsp3) is 0.278. The first-order chi connectivity index (χ1) is 10.7. The maximum absolute atomic E-state index is 9.86. The van der Waals surface area contributed by atoms with Crippen LogP contribution in [0.1, 0.15) is 33.4 Å². The highest BCUT2D eigenvalue weighted by Crippen LogP contribution is 2.29. The van der Waals surface area contributed by atoms with Crippen LogP contribution in [0.3, 0.4) is 0 Å². The number of aromatic hydroxyl groups is 2. The highest BCUT2D eigenvalue weighted by molar-refractivity contribution is 5.88. The predicted octanol–water partition coefficient (Wildman–Crippen LogP) is 4.80. The lowest BCUT2D eigenvalue weighted by atomic mass is 10.2. The van der Waals surface area contributed by atoms with Gasteiger partial charge in [0, 0.05) is 0 Å². The molecule has 3 rings (SSSR count). The third-order valence-electron chi connectivity index (χ3n) is 2.95. The van der Waals surface area contributed by atoms with Gasteiger partial charge in [-0.05, 0) is 43.3 Å². The molecular weight excluding hydrogens is 276 g/mol. The van der Waals surface area contributed by atoms with E-state index < -0.39 is 0 Å². The van der Waals surface area contributed by atoms with Gasteiger partial charge in [-0.25, -0.2) is 4.68 Å². The van der Waals surface area contributed by atoms with E-state index >= 15 is 0 Å². The highest BCUT2D eigenvalue weighted by atomic mass is 16.3. The first-order valence-corrected chi connectivity index (χ1v) is 7.63. The van der Waals surface area contributed by atoms with Crippen LogP contribution in [0, 0.1) is 6.92 Å². The second-order valence-electron chi connectivity index (χ2n) is 4.18. The first-order valence-electron chi connectivity index (χ1n) is 7.63. The molecule has 4 heteroatoms. The molecule has 2 N–H and O–H groups in total. The molecule has 4 nitrogen and oxygen atoms in total. The molecule has 3 aromatic rings. The summed E-state index contributed by atoms with van der Waals surface area (Å²) in [5.74, 6) is 0.449. The number of aryl methyl sites for hydroxylation is 1. The van der Waals surface area contributed by atoms with Crippen LogP contribution in [0.15, 0.2) is 42.5 Å². The summed E-state index contributed by atoms with van der Waals surface area (Å²) in [7, 11) is 0. The molecule has 0 radical (unpaired) electrons. The molecular formula is C18H24N2O2. The normalized spacial score (nSPS) is 9.50. The van der Waals surface area contributed by atoms with Crippen molar-refractivity contribution in [1.29, 1.82) is 0 Å². The van der Waals surface area contributed by atoms with Gasteiger partial charge < -0.3 is 10.2 Å². The van der Waals surface area contributed by atoms with Gasteiger partial charge in [0.2, 0.25) is 0 Å². The molecule has 0 atom stereocenters. The zero-order valence-corrected chi connectivity index (χ0v) is 13.8. The minimum Gasteiger partial charge on any atom is -0.508 e. The molecule has 22 heavy (non-hydrogen) atoms. The average Bonchev–Trinajstić information content (AvgIpc) is 2.90. The van der Waals surface area contributed by atoms with E-state index in [0.717, 1.165) is 22.3 Å². The van der Waals surface area contributed by atoms with Crippen molar-refractivity contribution in [2.24, 2.45) is 0 Å². The van der Waals surface area contributed by atoms with E-state index in [1.807, 2.05) is 40.7 Å². The fourth-order valence-corrected chi connectivity index (χ4v) is 2.12. The molecule has 1 aromatic heterocycles. The Morgan fingerprint density at radius 3 is 2.05 bits per heavy atom. The Labute approximate surface area is 131 Å². The number of rotatable bonds is 1. The summed E-state index contributed by atoms with van der Waals surface area (Å²) in [6.45, 7) is 9.86. The molecule has 0 saturated carbocycles. The van der Waals surface area contributed by atoms with Gasteiger partial charge in [0.25, 0.3) is 0 Å². The summed E-state index contributed by atoms with van der Waals surface area (Å²) >= 11 is 0. The van der Waals surface area contributed by atoms with Crippen molar-refractivity contribution < 1.29 is 10.2 Å². The van der Waals surface area contributed by atoms with Gasteiger partial charge in [-0.3, -0.25) is 0 Å². The molecule has 0 amide bonds. The van der Waals surface area contributed by atoms with E-state index in [4.69, 9.17) is 0 Å². The quantitative estimate of drug-likeness (QED) is 0.679. The summed E-state index contributed by atoms with van der Waals surface area (Å²) in [5, 5.41) is 24.3. The largest absolute Gasteiger partial charge is 0.508 e. The van der Waals surface area contributed by atoms with Crippen molar-refractivity contribution in [1.82, 2.24) is 9.78 Å². The molecule has 2 aromatic carbocycles. The summed E-state index contributed by atoms with van der Waals surface area (Å²) in [5.41, 5.74) is 2.46. The van der Waals surface area contributed by atoms with E-state index in [1.54, 1.807) is 41.1 Å². The molecule has 0 fully saturated rings. The lowest BCUT2D eigenvalue weighted by Crippen LogP contribution is -1.95. The number of nitrogens with zero attached hydrogens (tertiary/aromatic N) is 2. The monoisotopic (exact) mass is 300 g/mol. The lowest BCUT2D eigenvalue weighted by molar-refractivity contribution is 0.475. The van der Waals surface area contributed by atoms with Crippen LogP contribution in [0.5, 0.6) is 11.5 Å². The Kier molecular flexibility index (Phi) is 6.45. The van der Waals surface area contributed by atoms with Crippen LogP contribution in [-0.4, -0.2) is 20.0 Å². The Morgan fingerprint density at radius 2 is 1.45 bits per heavy atom. The molecule has 0 unspecified atom stereocenters. The first kappa shape index (κ1) is 17.6. The van der Waals surface area contributed by atoms with Crippen LogP contribution >= 0.6 is 0 Å². The Hall–Kier alpha value is -2.49. The van der Waals surface area contributed by atoms with Crippen LogP contribution in [0.4, 0.5) is 0 Å². The maximum Gasteiger partial charge on any atom is 0.126 e. The SMILES string of the molecule is CC.CC.Cc1nn(-c2ccc(O)cc2)c2cccc(O)c12. The van der Waals surface area contributed by atoms with Gasteiger partial charge in [0.1, 0.15) is 11.5 Å². The Balaban J connectivity index is 0.000000561. The number of aromatic nitrogens is 2. The number of phenols is 2. The molecule has 0 bridgehead atoms. The minimum absolute atomic E-state index is 0.217. The van der Waals surface area contributed by atoms with E-state index in [-0.39, 0.29) is 11.5 Å². The fourth-order valence-electron chi connectivity index (χ4n) is 2.12. The molecule has 0 saturated heterocycles. The van der Waals surface area contributed by atoms with Crippen molar-refractivity contribution in [3.63, 3.8) is 0 Å². The van der Waals surface area contributed by atoms with Crippen molar-refractivity contribution in [2.45, 2.75) is 34.6 Å². The van der Waals surface area contributed by atoms with Gasteiger partial charge in [0.15, 0.2) is 0 Å². The van der Waals surface area contributed by atoms with E-state index in [2.05, 4.69) is 5.10 Å². The number of benzene rings is 2. The highest BCUT2D eigenvalue weighted by Gasteiger charge is 2.11. The van der Waals surface area contributed by atoms with Crippen molar-refractivity contribution in [3.8, 4) is 17.2 Å². The zero-order chi connectivity index (χ0) is 16.7. The van der Waals surface area contributed by atoms with E-state index in [0.29, 0.717) is 0 Å². The molecule has 0 spiro atoms. The van der Waals surface area contributed by atoms with E-state index in [1.165, 1.54) is 0 Å². The average molecular weight is 300 g/mol. The van der Waals surface area contributed by atoms with Gasteiger partial charge in [0.05, 0.1) is 22.3 Å². The molecule has 1 heterocycles. The van der Waals surface area contributed by atoms with E-state index in [9.17, 15) is 10.2 Å². The Morgan fingerprint density at radius 1 is 0.864 bits per heavy atom. The third kappa shape index (κ3) is 3.39. The van der Waals surface area contributed by atoms with Gasteiger partial charge in [-0.1, -0.05) is 33.8 Å². The second-order valence-corrected chi connectivity index (χ2v) is 4.18. The van der Waals surface area contributed by atoms with Crippen LogP contribution in [-0.2, 0) is 0 Å². The lowest BCUT2D eigenvalue weighted by Gasteiger charge is -2.03. The van der Waals surface area contributed by atoms with Crippen LogP contribution in [0.25, 0.3) is 16.6 Å². The summed E-state index contributed by atoms with van der Waals surface area (Å²) < 4.78 is 1.75. The molecule has 0 aliphatic heterocycles. The van der Waals surface area contributed by atoms with Crippen LogP contribution < -0.4 is 0 Å². The molecule has 0 aliphatic rings. The number of hydrogen-bond donors (Lipinski definition) is 2. The van der Waals surface area contributed by atoms with Crippen molar-refractivity contribution >= 4 is 10.9 Å². The maximum atomic E-state index is 9.86. The number of fused-ring (bicyclic) bond motifs is 1. The molecule has 118 valence electrons. The van der Waals surface area contributed by atoms with Gasteiger partial charge >= 0.3 is 0 Å². The standard InChI is InChI=1S/C14H12N2O2.2C2H6/c1-9-14-12(3-2-4-13(14)18)16(15-9)10-5-7-11(17)8-6-10;2*1-2/h2-8,17-18H,1H3;2*1-2H3. The number of phenolic OH excluding ortho intramolecular Hbond substituents is 2. The zero-order valence-electron chi connectivity index (χ0n) is 13.8.